The molecule has 2 N–H and O–H groups in total. The Morgan fingerprint density at radius 2 is 1.50 bits per heavy atom. The van der Waals surface area contributed by atoms with Crippen molar-refractivity contribution in [3.8, 4) is 5.75 Å². The van der Waals surface area contributed by atoms with Crippen molar-refractivity contribution in [3.05, 3.63) is 108 Å². The molecular weight excluding hydrogens is 460 g/mol. The second-order valence-corrected chi connectivity index (χ2v) is 9.11. The van der Waals surface area contributed by atoms with E-state index in [1.54, 1.807) is 36.4 Å². The van der Waals surface area contributed by atoms with Crippen LogP contribution in [0.15, 0.2) is 98.9 Å². The van der Waals surface area contributed by atoms with Gasteiger partial charge in [0.15, 0.2) is 21.4 Å². The molecule has 0 radical (unpaired) electrons. The van der Waals surface area contributed by atoms with Crippen molar-refractivity contribution < 1.29 is 31.6 Å². The van der Waals surface area contributed by atoms with E-state index in [0.29, 0.717) is 11.5 Å². The SMILES string of the molecule is O=C(NNC(=O)c1occc1CS(=O)(=O)c1ccccc1)c1ccc(COc2ccccc2)o1. The van der Waals surface area contributed by atoms with Gasteiger partial charge in [0.05, 0.1) is 16.9 Å². The Bertz CT molecular complexity index is 1380. The number of amides is 2. The highest BCUT2D eigenvalue weighted by atomic mass is 32.2. The maximum Gasteiger partial charge on any atom is 0.305 e. The minimum absolute atomic E-state index is 0.0433. The second kappa shape index (κ2) is 10.1. The van der Waals surface area contributed by atoms with Crippen LogP contribution in [0.2, 0.25) is 0 Å². The molecule has 34 heavy (non-hydrogen) atoms. The lowest BCUT2D eigenvalue weighted by atomic mass is 10.3. The molecule has 2 aromatic carbocycles. The molecule has 174 valence electrons. The molecule has 9 nitrogen and oxygen atoms in total. The number of rotatable bonds is 8. The Balaban J connectivity index is 1.33. The Hall–Kier alpha value is -4.31. The topological polar surface area (TPSA) is 128 Å². The molecule has 0 saturated carbocycles. The van der Waals surface area contributed by atoms with Crippen LogP contribution >= 0.6 is 0 Å². The second-order valence-electron chi connectivity index (χ2n) is 7.12. The zero-order valence-corrected chi connectivity index (χ0v) is 18.6. The highest BCUT2D eigenvalue weighted by molar-refractivity contribution is 7.90. The number of hydrogen-bond acceptors (Lipinski definition) is 7. The largest absolute Gasteiger partial charge is 0.486 e. The molecular formula is C24H20N2O7S. The van der Waals surface area contributed by atoms with Crippen LogP contribution in [0.4, 0.5) is 0 Å². The number of carbonyl (C=O) groups is 2. The third-order valence-electron chi connectivity index (χ3n) is 4.70. The summed E-state index contributed by atoms with van der Waals surface area (Å²) in [4.78, 5) is 24.9. The van der Waals surface area contributed by atoms with E-state index in [9.17, 15) is 18.0 Å². The van der Waals surface area contributed by atoms with E-state index in [4.69, 9.17) is 13.6 Å². The lowest BCUT2D eigenvalue weighted by molar-refractivity contribution is 0.0814. The van der Waals surface area contributed by atoms with E-state index < -0.39 is 27.4 Å². The average Bonchev–Trinajstić information content (AvgIpc) is 3.52. The highest BCUT2D eigenvalue weighted by Crippen LogP contribution is 2.20. The van der Waals surface area contributed by atoms with Crippen molar-refractivity contribution in [1.82, 2.24) is 10.9 Å². The maximum absolute atomic E-state index is 12.6. The molecule has 0 aliphatic rings. The molecule has 4 aromatic rings. The minimum atomic E-state index is -3.69. The number of sulfone groups is 1. The molecule has 0 aliphatic heterocycles. The van der Waals surface area contributed by atoms with Crippen LogP contribution in [0, 0.1) is 0 Å². The summed E-state index contributed by atoms with van der Waals surface area (Å²) in [6.07, 6.45) is 1.21. The van der Waals surface area contributed by atoms with Crippen LogP contribution in [0.1, 0.15) is 32.4 Å². The number of carbonyl (C=O) groups excluding carboxylic acids is 2. The fraction of sp³-hybridized carbons (Fsp3) is 0.0833. The zero-order chi connectivity index (χ0) is 24.0. The Labute approximate surface area is 195 Å². The molecule has 2 aromatic heterocycles. The Morgan fingerprint density at radius 3 is 2.24 bits per heavy atom. The smallest absolute Gasteiger partial charge is 0.305 e. The summed E-state index contributed by atoms with van der Waals surface area (Å²) in [5.41, 5.74) is 4.57. The van der Waals surface area contributed by atoms with Crippen LogP contribution in [-0.4, -0.2) is 20.2 Å². The summed E-state index contributed by atoms with van der Waals surface area (Å²) < 4.78 is 41.4. The molecule has 0 atom stereocenters. The van der Waals surface area contributed by atoms with E-state index in [1.165, 1.54) is 30.5 Å². The van der Waals surface area contributed by atoms with E-state index in [1.807, 2.05) is 18.2 Å². The Kier molecular flexibility index (Phi) is 6.79. The fourth-order valence-corrected chi connectivity index (χ4v) is 4.42. The van der Waals surface area contributed by atoms with Crippen molar-refractivity contribution in [3.63, 3.8) is 0 Å². The van der Waals surface area contributed by atoms with Gasteiger partial charge in [0.2, 0.25) is 0 Å². The van der Waals surface area contributed by atoms with Gasteiger partial charge in [0.1, 0.15) is 18.1 Å². The van der Waals surface area contributed by atoms with Gasteiger partial charge in [-0.3, -0.25) is 20.4 Å². The first-order valence-corrected chi connectivity index (χ1v) is 11.8. The summed E-state index contributed by atoms with van der Waals surface area (Å²) in [5, 5.41) is 0. The predicted octanol–water partition coefficient (Wildman–Crippen LogP) is 3.50. The van der Waals surface area contributed by atoms with Gasteiger partial charge in [-0.2, -0.15) is 0 Å². The molecule has 0 bridgehead atoms. The number of hydrazine groups is 1. The molecule has 0 spiro atoms. The first kappa shape index (κ1) is 22.9. The van der Waals surface area contributed by atoms with Crippen molar-refractivity contribution in [1.29, 1.82) is 0 Å². The number of ether oxygens (including phenoxy) is 1. The monoisotopic (exact) mass is 480 g/mol. The van der Waals surface area contributed by atoms with Crippen LogP contribution in [0.25, 0.3) is 0 Å². The normalized spacial score (nSPS) is 11.1. The molecule has 2 amide bonds. The van der Waals surface area contributed by atoms with Gasteiger partial charge in [0, 0.05) is 5.56 Å². The summed E-state index contributed by atoms with van der Waals surface area (Å²) in [7, 11) is -3.69. The number of nitrogens with one attached hydrogen (secondary N) is 2. The number of benzene rings is 2. The molecule has 0 fully saturated rings. The fourth-order valence-electron chi connectivity index (χ4n) is 3.05. The van der Waals surface area contributed by atoms with E-state index in [0.717, 1.165) is 0 Å². The zero-order valence-electron chi connectivity index (χ0n) is 17.8. The summed E-state index contributed by atoms with van der Waals surface area (Å²) in [6.45, 7) is 0.120. The van der Waals surface area contributed by atoms with Crippen LogP contribution in [0.3, 0.4) is 0 Å². The van der Waals surface area contributed by atoms with E-state index >= 15 is 0 Å². The average molecular weight is 480 g/mol. The van der Waals surface area contributed by atoms with Crippen molar-refractivity contribution in [2.24, 2.45) is 0 Å². The maximum atomic E-state index is 12.6. The summed E-state index contributed by atoms with van der Waals surface area (Å²) in [5.74, 6) is -1.15. The third kappa shape index (κ3) is 5.54. The number of para-hydroxylation sites is 1. The van der Waals surface area contributed by atoms with Crippen molar-refractivity contribution in [2.75, 3.05) is 0 Å². The predicted molar refractivity (Wildman–Crippen MR) is 120 cm³/mol. The molecule has 0 saturated heterocycles. The summed E-state index contributed by atoms with van der Waals surface area (Å²) >= 11 is 0. The van der Waals surface area contributed by atoms with Crippen molar-refractivity contribution in [2.45, 2.75) is 17.3 Å². The first-order chi connectivity index (χ1) is 16.4. The summed E-state index contributed by atoms with van der Waals surface area (Å²) in [6, 6.07) is 21.4. The van der Waals surface area contributed by atoms with Gasteiger partial charge >= 0.3 is 11.8 Å². The highest BCUT2D eigenvalue weighted by Gasteiger charge is 2.23. The quantitative estimate of drug-likeness (QED) is 0.370. The van der Waals surface area contributed by atoms with E-state index in [2.05, 4.69) is 10.9 Å². The lowest BCUT2D eigenvalue weighted by Crippen LogP contribution is -2.41. The van der Waals surface area contributed by atoms with Crippen LogP contribution in [-0.2, 0) is 22.2 Å². The molecule has 2 heterocycles. The number of hydrogen-bond donors (Lipinski definition) is 2. The number of furan rings is 2. The van der Waals surface area contributed by atoms with Crippen LogP contribution in [0.5, 0.6) is 5.75 Å². The van der Waals surface area contributed by atoms with Gasteiger partial charge < -0.3 is 13.6 Å². The molecule has 10 heteroatoms. The van der Waals surface area contributed by atoms with Crippen molar-refractivity contribution >= 4 is 21.7 Å². The van der Waals surface area contributed by atoms with Gasteiger partial charge in [0.25, 0.3) is 0 Å². The lowest BCUT2D eigenvalue weighted by Gasteiger charge is -2.07. The standard InChI is InChI=1S/C24H20N2O7S/c27-23(21-12-11-19(33-21)15-32-18-7-3-1-4-8-18)25-26-24(28)22-17(13-14-31-22)16-34(29,30)20-9-5-2-6-10-20/h1-14H,15-16H2,(H,25,27)(H,26,28). The van der Waals surface area contributed by atoms with Crippen LogP contribution < -0.4 is 15.6 Å². The Morgan fingerprint density at radius 1 is 0.824 bits per heavy atom. The van der Waals surface area contributed by atoms with Gasteiger partial charge in [-0.1, -0.05) is 36.4 Å². The van der Waals surface area contributed by atoms with Gasteiger partial charge in [-0.25, -0.2) is 8.42 Å². The minimum Gasteiger partial charge on any atom is -0.486 e. The molecule has 4 rings (SSSR count). The molecule has 0 unspecified atom stereocenters. The van der Waals surface area contributed by atoms with Gasteiger partial charge in [-0.15, -0.1) is 0 Å². The third-order valence-corrected chi connectivity index (χ3v) is 6.38. The van der Waals surface area contributed by atoms with E-state index in [-0.39, 0.29) is 28.6 Å². The molecule has 0 aliphatic carbocycles. The van der Waals surface area contributed by atoms with Gasteiger partial charge in [-0.05, 0) is 42.5 Å². The first-order valence-electron chi connectivity index (χ1n) is 10.1.